The van der Waals surface area contributed by atoms with E-state index in [0.717, 1.165) is 6.07 Å². The largest absolute Gasteiger partial charge is 0.491 e. The van der Waals surface area contributed by atoms with E-state index in [0.29, 0.717) is 6.61 Å². The Bertz CT molecular complexity index is 444. The van der Waals surface area contributed by atoms with Crippen molar-refractivity contribution in [3.05, 3.63) is 29.6 Å². The minimum absolute atomic E-state index is 0.162. The van der Waals surface area contributed by atoms with Crippen LogP contribution in [0.2, 0.25) is 0 Å². The highest BCUT2D eigenvalue weighted by Crippen LogP contribution is 2.22. The maximum absolute atomic E-state index is 13.0. The van der Waals surface area contributed by atoms with Gasteiger partial charge >= 0.3 is 5.97 Å². The van der Waals surface area contributed by atoms with Crippen LogP contribution >= 0.6 is 0 Å². The van der Waals surface area contributed by atoms with Crippen LogP contribution < -0.4 is 4.74 Å². The monoisotopic (exact) mass is 255 g/mol. The molecule has 0 bridgehead atoms. The van der Waals surface area contributed by atoms with E-state index in [-0.39, 0.29) is 16.9 Å². The highest BCUT2D eigenvalue weighted by molar-refractivity contribution is 5.90. The van der Waals surface area contributed by atoms with Crippen LogP contribution in [0.25, 0.3) is 0 Å². The van der Waals surface area contributed by atoms with Crippen LogP contribution in [0, 0.1) is 5.82 Å². The number of halogens is 1. The highest BCUT2D eigenvalue weighted by Gasteiger charge is 2.22. The average Bonchev–Trinajstić information content (AvgIpc) is 2.27. The van der Waals surface area contributed by atoms with E-state index in [2.05, 4.69) is 0 Å². The summed E-state index contributed by atoms with van der Waals surface area (Å²) >= 11 is 0. The van der Waals surface area contributed by atoms with E-state index in [1.165, 1.54) is 12.1 Å². The second-order valence-electron chi connectivity index (χ2n) is 4.94. The van der Waals surface area contributed by atoms with Crippen molar-refractivity contribution in [3.8, 4) is 5.75 Å². The SMILES string of the molecule is CN(C)C(C)(C)COc1ccc(F)cc1C(=O)O. The zero-order valence-electron chi connectivity index (χ0n) is 11.0. The molecule has 1 aromatic rings. The minimum atomic E-state index is -1.20. The standard InChI is InChI=1S/C13H18FNO3/c1-13(2,15(3)4)8-18-11-6-5-9(14)7-10(11)12(16)17/h5-7H,8H2,1-4H3,(H,16,17). The van der Waals surface area contributed by atoms with Gasteiger partial charge in [0.1, 0.15) is 23.7 Å². The molecule has 0 saturated heterocycles. The van der Waals surface area contributed by atoms with Crippen molar-refractivity contribution in [2.24, 2.45) is 0 Å². The molecule has 0 amide bonds. The van der Waals surface area contributed by atoms with Crippen LogP contribution in [-0.2, 0) is 0 Å². The fourth-order valence-corrected chi connectivity index (χ4v) is 1.18. The number of hydrogen-bond acceptors (Lipinski definition) is 3. The first-order chi connectivity index (χ1) is 8.24. The first-order valence-electron chi connectivity index (χ1n) is 5.57. The molecule has 4 nitrogen and oxygen atoms in total. The molecule has 0 spiro atoms. The van der Waals surface area contributed by atoms with Gasteiger partial charge in [0.05, 0.1) is 0 Å². The van der Waals surface area contributed by atoms with Crippen molar-refractivity contribution in [1.82, 2.24) is 4.90 Å². The van der Waals surface area contributed by atoms with E-state index in [9.17, 15) is 9.18 Å². The third-order valence-corrected chi connectivity index (χ3v) is 2.96. The lowest BCUT2D eigenvalue weighted by Crippen LogP contribution is -2.43. The number of likely N-dealkylation sites (N-methyl/N-ethyl adjacent to an activating group) is 1. The highest BCUT2D eigenvalue weighted by atomic mass is 19.1. The van der Waals surface area contributed by atoms with E-state index >= 15 is 0 Å². The summed E-state index contributed by atoms with van der Waals surface area (Å²) in [5.74, 6) is -1.61. The zero-order valence-corrected chi connectivity index (χ0v) is 11.0. The third-order valence-electron chi connectivity index (χ3n) is 2.96. The van der Waals surface area contributed by atoms with Gasteiger partial charge in [0, 0.05) is 5.54 Å². The number of ether oxygens (including phenoxy) is 1. The molecule has 0 heterocycles. The van der Waals surface area contributed by atoms with Crippen LogP contribution in [-0.4, -0.2) is 42.2 Å². The lowest BCUT2D eigenvalue weighted by Gasteiger charge is -2.32. The predicted octanol–water partition coefficient (Wildman–Crippen LogP) is 2.24. The maximum atomic E-state index is 13.0. The van der Waals surface area contributed by atoms with Crippen molar-refractivity contribution in [3.63, 3.8) is 0 Å². The molecule has 18 heavy (non-hydrogen) atoms. The van der Waals surface area contributed by atoms with Crippen molar-refractivity contribution >= 4 is 5.97 Å². The zero-order chi connectivity index (χ0) is 13.9. The van der Waals surface area contributed by atoms with Crippen molar-refractivity contribution in [2.45, 2.75) is 19.4 Å². The molecule has 5 heteroatoms. The van der Waals surface area contributed by atoms with Crippen LogP contribution in [0.5, 0.6) is 5.75 Å². The predicted molar refractivity (Wildman–Crippen MR) is 66.6 cm³/mol. The molecule has 1 aromatic carbocycles. The quantitative estimate of drug-likeness (QED) is 0.876. The van der Waals surface area contributed by atoms with Gasteiger partial charge in [-0.3, -0.25) is 0 Å². The molecule has 100 valence electrons. The normalized spacial score (nSPS) is 11.7. The fraction of sp³-hybridized carbons (Fsp3) is 0.462. The Balaban J connectivity index is 2.89. The van der Waals surface area contributed by atoms with Gasteiger partial charge in [0.25, 0.3) is 0 Å². The van der Waals surface area contributed by atoms with Gasteiger partial charge in [-0.15, -0.1) is 0 Å². The molecule has 1 rings (SSSR count). The Morgan fingerprint density at radius 1 is 1.44 bits per heavy atom. The summed E-state index contributed by atoms with van der Waals surface area (Å²) in [5.41, 5.74) is -0.408. The molecule has 0 aliphatic rings. The van der Waals surface area contributed by atoms with Gasteiger partial charge in [-0.1, -0.05) is 0 Å². The van der Waals surface area contributed by atoms with Gasteiger partial charge in [-0.25, -0.2) is 9.18 Å². The number of benzene rings is 1. The summed E-state index contributed by atoms with van der Waals surface area (Å²) in [5, 5.41) is 8.97. The number of rotatable bonds is 5. The van der Waals surface area contributed by atoms with Crippen molar-refractivity contribution in [1.29, 1.82) is 0 Å². The van der Waals surface area contributed by atoms with E-state index in [4.69, 9.17) is 9.84 Å². The fourth-order valence-electron chi connectivity index (χ4n) is 1.18. The Labute approximate surface area is 106 Å². The minimum Gasteiger partial charge on any atom is -0.491 e. The molecule has 0 unspecified atom stereocenters. The molecule has 0 aromatic heterocycles. The van der Waals surface area contributed by atoms with Crippen molar-refractivity contribution < 1.29 is 19.0 Å². The van der Waals surface area contributed by atoms with Gasteiger partial charge in [0.2, 0.25) is 0 Å². The average molecular weight is 255 g/mol. The molecule has 0 saturated carbocycles. The van der Waals surface area contributed by atoms with Crippen LogP contribution in [0.4, 0.5) is 4.39 Å². The first kappa shape index (κ1) is 14.4. The summed E-state index contributed by atoms with van der Waals surface area (Å²) in [6, 6.07) is 3.48. The summed E-state index contributed by atoms with van der Waals surface area (Å²) in [6.45, 7) is 4.25. The summed E-state index contributed by atoms with van der Waals surface area (Å²) in [7, 11) is 3.82. The summed E-state index contributed by atoms with van der Waals surface area (Å²) in [6.07, 6.45) is 0. The van der Waals surface area contributed by atoms with Gasteiger partial charge < -0.3 is 14.7 Å². The Morgan fingerprint density at radius 2 is 2.06 bits per heavy atom. The molecular formula is C13H18FNO3. The van der Waals surface area contributed by atoms with E-state index < -0.39 is 11.8 Å². The molecular weight excluding hydrogens is 237 g/mol. The van der Waals surface area contributed by atoms with Crippen molar-refractivity contribution in [2.75, 3.05) is 20.7 Å². The summed E-state index contributed by atoms with van der Waals surface area (Å²) < 4.78 is 18.5. The number of hydrogen-bond donors (Lipinski definition) is 1. The Hall–Kier alpha value is -1.62. The maximum Gasteiger partial charge on any atom is 0.339 e. The molecule has 0 aliphatic heterocycles. The van der Waals surface area contributed by atoms with Gasteiger partial charge in [0.15, 0.2) is 0 Å². The molecule has 0 aliphatic carbocycles. The lowest BCUT2D eigenvalue weighted by atomic mass is 10.1. The second-order valence-corrected chi connectivity index (χ2v) is 4.94. The molecule has 1 N–H and O–H groups in total. The third kappa shape index (κ3) is 3.43. The van der Waals surface area contributed by atoms with Gasteiger partial charge in [-0.2, -0.15) is 0 Å². The van der Waals surface area contributed by atoms with Crippen LogP contribution in [0.15, 0.2) is 18.2 Å². The molecule has 0 atom stereocenters. The van der Waals surface area contributed by atoms with Crippen LogP contribution in [0.3, 0.4) is 0 Å². The molecule has 0 radical (unpaired) electrons. The Kier molecular flexibility index (Phi) is 4.29. The number of carboxylic acid groups (broad SMARTS) is 1. The lowest BCUT2D eigenvalue weighted by molar-refractivity contribution is 0.0683. The number of aromatic carboxylic acids is 1. The topological polar surface area (TPSA) is 49.8 Å². The number of carboxylic acids is 1. The van der Waals surface area contributed by atoms with Crippen LogP contribution in [0.1, 0.15) is 24.2 Å². The second kappa shape index (κ2) is 5.35. The first-order valence-corrected chi connectivity index (χ1v) is 5.57. The molecule has 0 fully saturated rings. The van der Waals surface area contributed by atoms with E-state index in [1.54, 1.807) is 0 Å². The van der Waals surface area contributed by atoms with Gasteiger partial charge in [-0.05, 0) is 46.1 Å². The van der Waals surface area contributed by atoms with E-state index in [1.807, 2.05) is 32.8 Å². The smallest absolute Gasteiger partial charge is 0.339 e. The Morgan fingerprint density at radius 3 is 2.56 bits per heavy atom. The number of carbonyl (C=O) groups is 1. The summed E-state index contributed by atoms with van der Waals surface area (Å²) in [4.78, 5) is 12.9. The number of nitrogens with zero attached hydrogens (tertiary/aromatic N) is 1.